The Morgan fingerprint density at radius 2 is 2.17 bits per heavy atom. The first-order valence-electron chi connectivity index (χ1n) is 8.56. The number of carbonyl (C=O) groups is 1. The Labute approximate surface area is 143 Å². The lowest BCUT2D eigenvalue weighted by Crippen LogP contribution is -2.41. The molecule has 2 rings (SSSR count). The summed E-state index contributed by atoms with van der Waals surface area (Å²) < 4.78 is 10.8. The highest BCUT2D eigenvalue weighted by Gasteiger charge is 2.28. The maximum Gasteiger partial charge on any atom is 0.410 e. The number of nitrogens with zero attached hydrogens (tertiary/aromatic N) is 2. The van der Waals surface area contributed by atoms with E-state index < -0.39 is 5.60 Å². The van der Waals surface area contributed by atoms with Crippen molar-refractivity contribution in [2.45, 2.75) is 64.6 Å². The Morgan fingerprint density at radius 1 is 1.50 bits per heavy atom. The van der Waals surface area contributed by atoms with E-state index in [0.717, 1.165) is 24.3 Å². The van der Waals surface area contributed by atoms with Crippen molar-refractivity contribution in [3.8, 4) is 0 Å². The second-order valence-corrected chi connectivity index (χ2v) is 7.42. The molecule has 0 aliphatic carbocycles. The molecule has 0 unspecified atom stereocenters. The second kappa shape index (κ2) is 7.98. The first-order valence-corrected chi connectivity index (χ1v) is 8.56. The molecule has 24 heavy (non-hydrogen) atoms. The van der Waals surface area contributed by atoms with Gasteiger partial charge in [0.15, 0.2) is 5.76 Å². The fourth-order valence-electron chi connectivity index (χ4n) is 2.63. The smallest absolute Gasteiger partial charge is 0.410 e. The van der Waals surface area contributed by atoms with Crippen molar-refractivity contribution in [2.24, 2.45) is 0 Å². The van der Waals surface area contributed by atoms with Gasteiger partial charge in [0.1, 0.15) is 5.60 Å². The van der Waals surface area contributed by atoms with Crippen LogP contribution in [0, 0.1) is 0 Å². The van der Waals surface area contributed by atoms with Crippen LogP contribution in [0.15, 0.2) is 10.6 Å². The van der Waals surface area contributed by atoms with Gasteiger partial charge in [0.05, 0.1) is 18.8 Å². The number of amides is 1. The van der Waals surface area contributed by atoms with Crippen LogP contribution in [0.25, 0.3) is 0 Å². The number of carbonyl (C=O) groups excluding carboxylic acids is 1. The minimum Gasteiger partial charge on any atom is -0.444 e. The predicted molar refractivity (Wildman–Crippen MR) is 89.7 cm³/mol. The van der Waals surface area contributed by atoms with Crippen molar-refractivity contribution < 1.29 is 19.2 Å². The normalized spacial score (nSPS) is 17.8. The Hall–Kier alpha value is -1.60. The quantitative estimate of drug-likeness (QED) is 0.855. The molecule has 2 heterocycles. The highest BCUT2D eigenvalue weighted by molar-refractivity contribution is 5.68. The van der Waals surface area contributed by atoms with Gasteiger partial charge < -0.3 is 24.6 Å². The number of aliphatic hydroxyl groups is 1. The van der Waals surface area contributed by atoms with Crippen LogP contribution in [0.2, 0.25) is 0 Å². The lowest BCUT2D eigenvalue weighted by atomic mass is 9.93. The summed E-state index contributed by atoms with van der Waals surface area (Å²) in [5.74, 6) is 1.07. The first kappa shape index (κ1) is 18.7. The molecule has 7 nitrogen and oxygen atoms in total. The zero-order chi connectivity index (χ0) is 17.7. The summed E-state index contributed by atoms with van der Waals surface area (Å²) in [5.41, 5.74) is 0.473. The fraction of sp³-hybridized carbons (Fsp3) is 0.765. The Kier molecular flexibility index (Phi) is 6.23. The van der Waals surface area contributed by atoms with Crippen LogP contribution in [0.5, 0.6) is 0 Å². The molecule has 1 saturated heterocycles. The third-order valence-corrected chi connectivity index (χ3v) is 4.04. The van der Waals surface area contributed by atoms with Gasteiger partial charge in [-0.05, 0) is 40.5 Å². The van der Waals surface area contributed by atoms with Crippen molar-refractivity contribution in [1.82, 2.24) is 15.4 Å². The van der Waals surface area contributed by atoms with Gasteiger partial charge in [-0.15, -0.1) is 0 Å². The molecule has 136 valence electrons. The van der Waals surface area contributed by atoms with E-state index in [-0.39, 0.29) is 18.7 Å². The summed E-state index contributed by atoms with van der Waals surface area (Å²) >= 11 is 0. The SMILES string of the molecule is C[C@@H](CO)NCc1cc(C2CCN(C(=O)OC(C)(C)C)CC2)no1. The van der Waals surface area contributed by atoms with Gasteiger partial charge >= 0.3 is 6.09 Å². The molecular weight excluding hydrogens is 310 g/mol. The molecule has 7 heteroatoms. The topological polar surface area (TPSA) is 87.8 Å². The van der Waals surface area contributed by atoms with Crippen LogP contribution in [-0.2, 0) is 11.3 Å². The van der Waals surface area contributed by atoms with Crippen molar-refractivity contribution in [1.29, 1.82) is 0 Å². The van der Waals surface area contributed by atoms with Gasteiger partial charge in [-0.3, -0.25) is 0 Å². The van der Waals surface area contributed by atoms with Crippen molar-refractivity contribution >= 4 is 6.09 Å². The van der Waals surface area contributed by atoms with E-state index in [1.54, 1.807) is 4.90 Å². The highest BCUT2D eigenvalue weighted by Crippen LogP contribution is 2.28. The average molecular weight is 339 g/mol. The molecule has 0 radical (unpaired) electrons. The number of piperidine rings is 1. The molecule has 0 bridgehead atoms. The van der Waals surface area contributed by atoms with Gasteiger partial charge in [0, 0.05) is 31.1 Å². The zero-order valence-corrected chi connectivity index (χ0v) is 15.0. The van der Waals surface area contributed by atoms with E-state index in [4.69, 9.17) is 14.4 Å². The van der Waals surface area contributed by atoms with Gasteiger partial charge in [-0.2, -0.15) is 0 Å². The van der Waals surface area contributed by atoms with Crippen LogP contribution < -0.4 is 5.32 Å². The molecule has 2 N–H and O–H groups in total. The van der Waals surface area contributed by atoms with Crippen LogP contribution >= 0.6 is 0 Å². The third-order valence-electron chi connectivity index (χ3n) is 4.04. The molecule has 0 aromatic carbocycles. The Bertz CT molecular complexity index is 530. The summed E-state index contributed by atoms with van der Waals surface area (Å²) in [4.78, 5) is 13.8. The first-order chi connectivity index (χ1) is 11.3. The third kappa shape index (κ3) is 5.49. The summed E-state index contributed by atoms with van der Waals surface area (Å²) in [7, 11) is 0. The number of aliphatic hydroxyl groups excluding tert-OH is 1. The number of hydrogen-bond donors (Lipinski definition) is 2. The molecule has 1 fully saturated rings. The van der Waals surface area contributed by atoms with Gasteiger partial charge in [-0.1, -0.05) is 5.16 Å². The lowest BCUT2D eigenvalue weighted by molar-refractivity contribution is 0.0203. The van der Waals surface area contributed by atoms with Crippen LogP contribution in [0.1, 0.15) is 57.9 Å². The van der Waals surface area contributed by atoms with Crippen LogP contribution in [-0.4, -0.2) is 52.6 Å². The second-order valence-electron chi connectivity index (χ2n) is 7.42. The number of ether oxygens (including phenoxy) is 1. The monoisotopic (exact) mass is 339 g/mol. The molecule has 1 atom stereocenters. The van der Waals surface area contributed by atoms with Gasteiger partial charge in [0.25, 0.3) is 0 Å². The van der Waals surface area contributed by atoms with E-state index in [1.165, 1.54) is 0 Å². The van der Waals surface area contributed by atoms with Crippen LogP contribution in [0.3, 0.4) is 0 Å². The zero-order valence-electron chi connectivity index (χ0n) is 15.0. The molecule has 1 aliphatic rings. The molecule has 1 aromatic rings. The maximum absolute atomic E-state index is 12.1. The number of aromatic nitrogens is 1. The van der Waals surface area contributed by atoms with Crippen LogP contribution in [0.4, 0.5) is 4.79 Å². The van der Waals surface area contributed by atoms with Crippen molar-refractivity contribution in [3.63, 3.8) is 0 Å². The number of likely N-dealkylation sites (tertiary alicyclic amines) is 1. The molecule has 0 spiro atoms. The van der Waals surface area contributed by atoms with E-state index >= 15 is 0 Å². The van der Waals surface area contributed by atoms with E-state index in [2.05, 4.69) is 10.5 Å². The maximum atomic E-state index is 12.1. The highest BCUT2D eigenvalue weighted by atomic mass is 16.6. The van der Waals surface area contributed by atoms with Gasteiger partial charge in [0.2, 0.25) is 0 Å². The molecule has 0 saturated carbocycles. The van der Waals surface area contributed by atoms with E-state index in [1.807, 2.05) is 33.8 Å². The minimum absolute atomic E-state index is 0.0237. The summed E-state index contributed by atoms with van der Waals surface area (Å²) in [5, 5.41) is 16.3. The van der Waals surface area contributed by atoms with E-state index in [0.29, 0.717) is 25.6 Å². The molecule has 1 amide bonds. The molecular formula is C17H29N3O4. The summed E-state index contributed by atoms with van der Waals surface area (Å²) in [6, 6.07) is 1.99. The van der Waals surface area contributed by atoms with Gasteiger partial charge in [-0.25, -0.2) is 4.79 Å². The summed E-state index contributed by atoms with van der Waals surface area (Å²) in [6.45, 7) is 9.50. The number of hydrogen-bond acceptors (Lipinski definition) is 6. The average Bonchev–Trinajstić information content (AvgIpc) is 3.00. The standard InChI is InChI=1S/C17H29N3O4/c1-12(11-21)18-10-14-9-15(19-24-14)13-5-7-20(8-6-13)16(22)23-17(2,3)4/h9,12-13,18,21H,5-8,10-11H2,1-4H3/t12-/m0/s1. The predicted octanol–water partition coefficient (Wildman–Crippen LogP) is 2.26. The Balaban J connectivity index is 1.82. The largest absolute Gasteiger partial charge is 0.444 e. The summed E-state index contributed by atoms with van der Waals surface area (Å²) in [6.07, 6.45) is 1.46. The fourth-order valence-corrected chi connectivity index (χ4v) is 2.63. The molecule has 1 aliphatic heterocycles. The lowest BCUT2D eigenvalue weighted by Gasteiger charge is -2.32. The van der Waals surface area contributed by atoms with Crippen molar-refractivity contribution in [3.05, 3.63) is 17.5 Å². The van der Waals surface area contributed by atoms with E-state index in [9.17, 15) is 4.79 Å². The van der Waals surface area contributed by atoms with Crippen molar-refractivity contribution in [2.75, 3.05) is 19.7 Å². The number of nitrogens with one attached hydrogen (secondary N) is 1. The number of rotatable bonds is 5. The molecule has 1 aromatic heterocycles. The minimum atomic E-state index is -0.465. The Morgan fingerprint density at radius 3 is 2.75 bits per heavy atom.